The third-order valence-electron chi connectivity index (χ3n) is 0. The molecule has 0 aromatic rings. The van der Waals surface area contributed by atoms with Gasteiger partial charge in [0.05, 0.1) is 0 Å². The summed E-state index contributed by atoms with van der Waals surface area (Å²) in [5.74, 6) is 0. The Morgan fingerprint density at radius 3 is 1.50 bits per heavy atom. The molecule has 17 valence electrons. The Kier molecular flexibility index (Phi) is 185. The molecule has 0 atom stereocenters. The van der Waals surface area contributed by atoms with E-state index in [1.165, 1.54) is 15.9 Å². The predicted molar refractivity (Wildman–Crippen MR) is 13.3 cm³/mol. The maximum absolute atomic E-state index is 8.12. The smallest absolute Gasteiger partial charge is 1.00 e. The second kappa shape index (κ2) is 36.7. The van der Waals surface area contributed by atoms with E-state index in [9.17, 15) is 0 Å². The average molecular weight is 114 g/mol. The van der Waals surface area contributed by atoms with E-state index in [2.05, 4.69) is 0 Å². The van der Waals surface area contributed by atoms with E-state index < -0.39 is 0 Å². The van der Waals surface area contributed by atoms with Gasteiger partial charge >= 0.3 is 38.6 Å². The second-order valence-corrected chi connectivity index (χ2v) is 0. The third-order valence-corrected chi connectivity index (χ3v) is 0. The van der Waals surface area contributed by atoms with Crippen LogP contribution in [0.1, 0.15) is 1.43 Å². The zero-order valence-electron chi connectivity index (χ0n) is 3.39. The van der Waals surface area contributed by atoms with Crippen molar-refractivity contribution in [1.29, 1.82) is 0 Å². The van der Waals surface area contributed by atoms with E-state index in [1.54, 1.807) is 0 Å². The molecule has 0 bridgehead atoms. The zero-order chi connectivity index (χ0) is 2.00. The molecule has 0 fully saturated rings. The van der Waals surface area contributed by atoms with Gasteiger partial charge in [0.1, 0.15) is 0 Å². The molecule has 0 aliphatic rings. The molecule has 0 spiro atoms. The quantitative estimate of drug-likeness (QED) is 0.295. The van der Waals surface area contributed by atoms with E-state index in [1.807, 2.05) is 0 Å². The van der Waals surface area contributed by atoms with Crippen molar-refractivity contribution in [2.45, 2.75) is 0 Å². The summed E-state index contributed by atoms with van der Waals surface area (Å²) >= 11 is 1.38. The summed E-state index contributed by atoms with van der Waals surface area (Å²) in [6, 6.07) is 0. The average Bonchev–Trinajstić information content (AvgIpc) is 1.00. The molecule has 1 nitrogen and oxygen atoms in total. The monoisotopic (exact) mass is 115 g/mol. The van der Waals surface area contributed by atoms with Crippen LogP contribution in [0.3, 0.4) is 0 Å². The van der Waals surface area contributed by atoms with Crippen molar-refractivity contribution in [3.8, 4) is 0 Å². The molecule has 3 radical (unpaired) electrons. The van der Waals surface area contributed by atoms with Gasteiger partial charge in [-0.3, -0.25) is 0 Å². The summed E-state index contributed by atoms with van der Waals surface area (Å²) in [6.07, 6.45) is 0. The second-order valence-electron chi connectivity index (χ2n) is 0. The standard InChI is InChI=1S/B.Li.OSe.H/c;;1-2;/q;+1;;-1. The minimum absolute atomic E-state index is 0. The third kappa shape index (κ3) is 12.1. The largest absolute Gasteiger partial charge is 1.00 e. The van der Waals surface area contributed by atoms with Crippen molar-refractivity contribution in [3.05, 3.63) is 0 Å². The summed E-state index contributed by atoms with van der Waals surface area (Å²) in [5, 5.41) is 0. The molecule has 0 aromatic heterocycles. The van der Waals surface area contributed by atoms with E-state index in [-0.39, 0.29) is 28.7 Å². The summed E-state index contributed by atoms with van der Waals surface area (Å²) in [4.78, 5) is 0. The predicted octanol–water partition coefficient (Wildman–Crippen LogP) is -3.76. The van der Waals surface area contributed by atoms with E-state index in [0.29, 0.717) is 0 Å². The molecule has 0 rings (SSSR count). The van der Waals surface area contributed by atoms with Gasteiger partial charge in [0, 0.05) is 8.41 Å². The molecular formula is HBLiOSe. The van der Waals surface area contributed by atoms with Crippen molar-refractivity contribution in [3.63, 3.8) is 0 Å². The summed E-state index contributed by atoms with van der Waals surface area (Å²) in [7, 11) is 0. The van der Waals surface area contributed by atoms with Crippen molar-refractivity contribution >= 4 is 24.4 Å². The fourth-order valence-corrected chi connectivity index (χ4v) is 0. The van der Waals surface area contributed by atoms with Gasteiger partial charge in [-0.05, 0) is 0 Å². The van der Waals surface area contributed by atoms with Crippen molar-refractivity contribution in [1.82, 2.24) is 0 Å². The molecule has 0 amide bonds. The van der Waals surface area contributed by atoms with E-state index in [0.717, 1.165) is 0 Å². The first-order valence-electron chi connectivity index (χ1n) is 0.167. The molecular weight excluding hydrogens is 113 g/mol. The molecule has 0 aliphatic heterocycles. The van der Waals surface area contributed by atoms with Crippen LogP contribution >= 0.6 is 0 Å². The summed E-state index contributed by atoms with van der Waals surface area (Å²) < 4.78 is 8.12. The Bertz CT molecular complexity index is 11.6. The Morgan fingerprint density at radius 2 is 1.50 bits per heavy atom. The van der Waals surface area contributed by atoms with Crippen LogP contribution in [-0.4, -0.2) is 24.4 Å². The topological polar surface area (TPSA) is 17.1 Å². The summed E-state index contributed by atoms with van der Waals surface area (Å²) in [6.45, 7) is 0. The Morgan fingerprint density at radius 1 is 1.50 bits per heavy atom. The maximum atomic E-state index is 8.12. The fraction of sp³-hybridized carbons (Fsp3) is 0. The van der Waals surface area contributed by atoms with Crippen molar-refractivity contribution < 1.29 is 24.1 Å². The first-order valence-corrected chi connectivity index (χ1v) is 0.866. The van der Waals surface area contributed by atoms with Gasteiger partial charge in [0.2, 0.25) is 0 Å². The van der Waals surface area contributed by atoms with Crippen LogP contribution in [0, 0.1) is 0 Å². The fourth-order valence-electron chi connectivity index (χ4n) is 0. The molecule has 0 heterocycles. The van der Waals surface area contributed by atoms with E-state index >= 15 is 0 Å². The molecule has 4 heavy (non-hydrogen) atoms. The van der Waals surface area contributed by atoms with Crippen molar-refractivity contribution in [2.75, 3.05) is 0 Å². The Hall–Kier alpha value is 0.982. The molecule has 0 aromatic carbocycles. The van der Waals surface area contributed by atoms with Crippen LogP contribution in [0.5, 0.6) is 0 Å². The molecule has 0 saturated carbocycles. The SMILES string of the molecule is O=[Se].[B].[H-].[Li+]. The van der Waals surface area contributed by atoms with Gasteiger partial charge in [-0.15, -0.1) is 0 Å². The molecule has 0 unspecified atom stereocenters. The van der Waals surface area contributed by atoms with Crippen LogP contribution < -0.4 is 18.9 Å². The summed E-state index contributed by atoms with van der Waals surface area (Å²) in [5.41, 5.74) is 0. The van der Waals surface area contributed by atoms with E-state index in [4.69, 9.17) is 3.83 Å². The van der Waals surface area contributed by atoms with Gasteiger partial charge in [-0.25, -0.2) is 0 Å². The van der Waals surface area contributed by atoms with Gasteiger partial charge < -0.3 is 1.43 Å². The Labute approximate surface area is 48.8 Å². The molecule has 4 heteroatoms. The van der Waals surface area contributed by atoms with Crippen LogP contribution in [-0.2, 0) is 3.83 Å². The van der Waals surface area contributed by atoms with Crippen LogP contribution in [0.15, 0.2) is 0 Å². The number of hydrogen-bond acceptors (Lipinski definition) is 1. The van der Waals surface area contributed by atoms with Gasteiger partial charge in [-0.2, -0.15) is 0 Å². The minimum atomic E-state index is 0. The Balaban J connectivity index is -0.00000000167. The first-order chi connectivity index (χ1) is 1.00. The first kappa shape index (κ1) is 20.1. The van der Waals surface area contributed by atoms with Crippen LogP contribution in [0.4, 0.5) is 0 Å². The zero-order valence-corrected chi connectivity index (χ0v) is 4.11. The van der Waals surface area contributed by atoms with Crippen molar-refractivity contribution in [2.24, 2.45) is 0 Å². The number of hydrogen-bond donors (Lipinski definition) is 0. The number of rotatable bonds is 0. The maximum Gasteiger partial charge on any atom is 1.00 e. The molecule has 0 saturated heterocycles. The van der Waals surface area contributed by atoms with Crippen LogP contribution in [0.2, 0.25) is 0 Å². The minimum Gasteiger partial charge on any atom is -1.00 e. The van der Waals surface area contributed by atoms with Gasteiger partial charge in [-0.1, -0.05) is 0 Å². The normalized spacial score (nSPS) is 1.00. The van der Waals surface area contributed by atoms with Gasteiger partial charge in [0.15, 0.2) is 0 Å². The van der Waals surface area contributed by atoms with Crippen LogP contribution in [0.25, 0.3) is 0 Å². The van der Waals surface area contributed by atoms with Gasteiger partial charge in [0.25, 0.3) is 0 Å². The molecule has 0 aliphatic carbocycles. The molecule has 0 N–H and O–H groups in total.